The molecule has 1 aromatic carbocycles. The van der Waals surface area contributed by atoms with E-state index in [1.165, 1.54) is 12.8 Å². The Bertz CT molecular complexity index is 602. The molecular formula is C18H24BrN3O2. The van der Waals surface area contributed by atoms with Gasteiger partial charge >= 0.3 is 0 Å². The maximum Gasteiger partial charge on any atom is 0.239 e. The average Bonchev–Trinajstić information content (AvgIpc) is 2.98. The molecule has 2 N–H and O–H groups in total. The third-order valence-corrected chi connectivity index (χ3v) is 5.59. The standard InChI is InChI=1S/C18H24BrN3O2/c19-15-5-1-2-6-16(15)22-11-8-14(18(22)24)17(23)21-10-7-13-4-3-9-20-12-13/h1-2,5-6,13-14,20H,3-4,7-12H2,(H,21,23). The van der Waals surface area contributed by atoms with Crippen LogP contribution in [0, 0.1) is 11.8 Å². The van der Waals surface area contributed by atoms with E-state index in [1.807, 2.05) is 24.3 Å². The molecule has 130 valence electrons. The second-order valence-corrected chi connectivity index (χ2v) is 7.43. The molecule has 2 aliphatic heterocycles. The molecular weight excluding hydrogens is 370 g/mol. The zero-order valence-corrected chi connectivity index (χ0v) is 15.3. The number of amides is 2. The lowest BCUT2D eigenvalue weighted by Crippen LogP contribution is -2.38. The molecule has 3 rings (SSSR count). The zero-order chi connectivity index (χ0) is 16.9. The number of hydrogen-bond acceptors (Lipinski definition) is 3. The van der Waals surface area contributed by atoms with Gasteiger partial charge in [-0.15, -0.1) is 0 Å². The van der Waals surface area contributed by atoms with Crippen LogP contribution in [0.3, 0.4) is 0 Å². The maximum atomic E-state index is 12.6. The van der Waals surface area contributed by atoms with Gasteiger partial charge in [-0.05, 0) is 72.8 Å². The molecule has 2 amide bonds. The van der Waals surface area contributed by atoms with Crippen molar-refractivity contribution in [1.29, 1.82) is 0 Å². The largest absolute Gasteiger partial charge is 0.355 e. The first-order valence-corrected chi connectivity index (χ1v) is 9.50. The van der Waals surface area contributed by atoms with E-state index in [0.29, 0.717) is 25.4 Å². The van der Waals surface area contributed by atoms with E-state index in [9.17, 15) is 9.59 Å². The van der Waals surface area contributed by atoms with Crippen LogP contribution >= 0.6 is 15.9 Å². The Morgan fingerprint density at radius 3 is 2.92 bits per heavy atom. The molecule has 0 aliphatic carbocycles. The fourth-order valence-electron chi connectivity index (χ4n) is 3.53. The third-order valence-electron chi connectivity index (χ3n) is 4.92. The van der Waals surface area contributed by atoms with E-state index in [0.717, 1.165) is 29.7 Å². The third kappa shape index (κ3) is 3.98. The van der Waals surface area contributed by atoms with Crippen molar-refractivity contribution in [2.45, 2.75) is 25.7 Å². The Hall–Kier alpha value is -1.40. The molecule has 2 saturated heterocycles. The number of carbonyl (C=O) groups excluding carboxylic acids is 2. The molecule has 6 heteroatoms. The highest BCUT2D eigenvalue weighted by Gasteiger charge is 2.38. The second kappa shape index (κ2) is 8.12. The van der Waals surface area contributed by atoms with Crippen molar-refractivity contribution >= 4 is 33.4 Å². The summed E-state index contributed by atoms with van der Waals surface area (Å²) >= 11 is 3.48. The van der Waals surface area contributed by atoms with Crippen molar-refractivity contribution in [3.05, 3.63) is 28.7 Å². The van der Waals surface area contributed by atoms with Gasteiger partial charge in [0.05, 0.1) is 5.69 Å². The van der Waals surface area contributed by atoms with Crippen LogP contribution in [0.15, 0.2) is 28.7 Å². The van der Waals surface area contributed by atoms with E-state index in [-0.39, 0.29) is 11.8 Å². The summed E-state index contributed by atoms with van der Waals surface area (Å²) in [6.45, 7) is 3.38. The molecule has 0 saturated carbocycles. The van der Waals surface area contributed by atoms with Crippen LogP contribution in [0.4, 0.5) is 5.69 Å². The van der Waals surface area contributed by atoms with E-state index < -0.39 is 5.92 Å². The van der Waals surface area contributed by atoms with Crippen LogP contribution in [-0.2, 0) is 9.59 Å². The van der Waals surface area contributed by atoms with Gasteiger partial charge in [0.15, 0.2) is 0 Å². The van der Waals surface area contributed by atoms with Crippen LogP contribution in [0.2, 0.25) is 0 Å². The quantitative estimate of drug-likeness (QED) is 0.754. The summed E-state index contributed by atoms with van der Waals surface area (Å²) in [7, 11) is 0. The molecule has 2 fully saturated rings. The van der Waals surface area contributed by atoms with Gasteiger partial charge in [0.1, 0.15) is 5.92 Å². The number of anilines is 1. The minimum absolute atomic E-state index is 0.0984. The summed E-state index contributed by atoms with van der Waals surface area (Å²) in [5.74, 6) is -0.145. The van der Waals surface area contributed by atoms with E-state index in [2.05, 4.69) is 26.6 Å². The topological polar surface area (TPSA) is 61.4 Å². The highest BCUT2D eigenvalue weighted by molar-refractivity contribution is 9.10. The highest BCUT2D eigenvalue weighted by Crippen LogP contribution is 2.31. The number of rotatable bonds is 5. The van der Waals surface area contributed by atoms with E-state index in [1.54, 1.807) is 4.90 Å². The Balaban J connectivity index is 1.51. The average molecular weight is 394 g/mol. The number of nitrogens with one attached hydrogen (secondary N) is 2. The van der Waals surface area contributed by atoms with Crippen LogP contribution in [0.25, 0.3) is 0 Å². The highest BCUT2D eigenvalue weighted by atomic mass is 79.9. The fourth-order valence-corrected chi connectivity index (χ4v) is 4.02. The first-order valence-electron chi connectivity index (χ1n) is 8.71. The van der Waals surface area contributed by atoms with Gasteiger partial charge in [-0.25, -0.2) is 0 Å². The van der Waals surface area contributed by atoms with Gasteiger partial charge in [-0.3, -0.25) is 9.59 Å². The summed E-state index contributed by atoms with van der Waals surface area (Å²) in [5.41, 5.74) is 0.839. The summed E-state index contributed by atoms with van der Waals surface area (Å²) in [5, 5.41) is 6.35. The van der Waals surface area contributed by atoms with Crippen molar-refractivity contribution in [1.82, 2.24) is 10.6 Å². The van der Waals surface area contributed by atoms with E-state index in [4.69, 9.17) is 0 Å². The Morgan fingerprint density at radius 2 is 2.17 bits per heavy atom. The predicted molar refractivity (Wildman–Crippen MR) is 97.8 cm³/mol. The van der Waals surface area contributed by atoms with Crippen molar-refractivity contribution in [3.8, 4) is 0 Å². The van der Waals surface area contributed by atoms with Crippen molar-refractivity contribution < 1.29 is 9.59 Å². The monoisotopic (exact) mass is 393 g/mol. The first-order chi connectivity index (χ1) is 11.7. The summed E-state index contributed by atoms with van der Waals surface area (Å²) < 4.78 is 0.879. The predicted octanol–water partition coefficient (Wildman–Crippen LogP) is 2.31. The van der Waals surface area contributed by atoms with Crippen molar-refractivity contribution in [2.75, 3.05) is 31.1 Å². The second-order valence-electron chi connectivity index (χ2n) is 6.57. The van der Waals surface area contributed by atoms with Crippen LogP contribution < -0.4 is 15.5 Å². The van der Waals surface area contributed by atoms with Gasteiger partial charge in [-0.2, -0.15) is 0 Å². The van der Waals surface area contributed by atoms with Gasteiger partial charge in [0, 0.05) is 17.6 Å². The van der Waals surface area contributed by atoms with E-state index >= 15 is 0 Å². The molecule has 0 aromatic heterocycles. The summed E-state index contributed by atoms with van der Waals surface area (Å²) in [6, 6.07) is 7.63. The van der Waals surface area contributed by atoms with Gasteiger partial charge < -0.3 is 15.5 Å². The summed E-state index contributed by atoms with van der Waals surface area (Å²) in [6.07, 6.45) is 3.99. The maximum absolute atomic E-state index is 12.6. The van der Waals surface area contributed by atoms with Crippen molar-refractivity contribution in [3.63, 3.8) is 0 Å². The molecule has 0 bridgehead atoms. The number of carbonyl (C=O) groups is 2. The SMILES string of the molecule is O=C(NCCC1CCCNC1)C1CCN(c2ccccc2Br)C1=O. The lowest BCUT2D eigenvalue weighted by atomic mass is 9.96. The van der Waals surface area contributed by atoms with Crippen LogP contribution in [-0.4, -0.2) is 38.0 Å². The smallest absolute Gasteiger partial charge is 0.239 e. The molecule has 0 radical (unpaired) electrons. The lowest BCUT2D eigenvalue weighted by molar-refractivity contribution is -0.132. The minimum atomic E-state index is -0.554. The number of halogens is 1. The molecule has 2 unspecified atom stereocenters. The Kier molecular flexibility index (Phi) is 5.89. The molecule has 1 aromatic rings. The minimum Gasteiger partial charge on any atom is -0.355 e. The number of nitrogens with zero attached hydrogens (tertiary/aromatic N) is 1. The Morgan fingerprint density at radius 1 is 1.33 bits per heavy atom. The number of para-hydroxylation sites is 1. The molecule has 24 heavy (non-hydrogen) atoms. The molecule has 2 aliphatic rings. The molecule has 2 atom stereocenters. The van der Waals surface area contributed by atoms with Gasteiger partial charge in [0.2, 0.25) is 11.8 Å². The zero-order valence-electron chi connectivity index (χ0n) is 13.8. The van der Waals surface area contributed by atoms with Gasteiger partial charge in [0.25, 0.3) is 0 Å². The number of benzene rings is 1. The first kappa shape index (κ1) is 17.4. The van der Waals surface area contributed by atoms with Crippen LogP contribution in [0.1, 0.15) is 25.7 Å². The summed E-state index contributed by atoms with van der Waals surface area (Å²) in [4.78, 5) is 26.7. The van der Waals surface area contributed by atoms with Crippen molar-refractivity contribution in [2.24, 2.45) is 11.8 Å². The molecule has 0 spiro atoms. The van der Waals surface area contributed by atoms with Gasteiger partial charge in [-0.1, -0.05) is 12.1 Å². The molecule has 5 nitrogen and oxygen atoms in total. The molecule has 2 heterocycles. The fraction of sp³-hybridized carbons (Fsp3) is 0.556. The normalized spacial score (nSPS) is 24.2. The Labute approximate surface area is 151 Å². The lowest BCUT2D eigenvalue weighted by Gasteiger charge is -2.23. The number of piperidine rings is 1. The number of hydrogen-bond donors (Lipinski definition) is 2. The van der Waals surface area contributed by atoms with Crippen LogP contribution in [0.5, 0.6) is 0 Å².